The van der Waals surface area contributed by atoms with Crippen molar-refractivity contribution in [3.63, 3.8) is 0 Å². The van der Waals surface area contributed by atoms with Crippen LogP contribution in [0.4, 0.5) is 0 Å². The zero-order valence-electron chi connectivity index (χ0n) is 13.6. The van der Waals surface area contributed by atoms with Crippen LogP contribution < -0.4 is 10.1 Å². The van der Waals surface area contributed by atoms with Crippen LogP contribution in [0, 0.1) is 6.92 Å². The number of aliphatic carboxylic acids is 1. The fraction of sp³-hybridized carbons (Fsp3) is 0.312. The lowest BCUT2D eigenvalue weighted by Crippen LogP contribution is -2.38. The molecule has 24 heavy (non-hydrogen) atoms. The monoisotopic (exact) mass is 333 g/mol. The minimum Gasteiger partial charge on any atom is -0.494 e. The lowest BCUT2D eigenvalue weighted by atomic mass is 10.2. The van der Waals surface area contributed by atoms with Crippen molar-refractivity contribution in [3.05, 3.63) is 41.7 Å². The number of amides is 1. The smallest absolute Gasteiger partial charge is 0.334 e. The van der Waals surface area contributed by atoms with Crippen molar-refractivity contribution in [2.24, 2.45) is 0 Å². The summed E-state index contributed by atoms with van der Waals surface area (Å²) in [6, 6.07) is 7.16. The van der Waals surface area contributed by atoms with Crippen LogP contribution >= 0.6 is 0 Å². The van der Waals surface area contributed by atoms with E-state index < -0.39 is 18.0 Å². The molecule has 0 aliphatic rings. The van der Waals surface area contributed by atoms with E-state index in [1.165, 1.54) is 11.8 Å². The van der Waals surface area contributed by atoms with Gasteiger partial charge < -0.3 is 19.9 Å². The molecule has 0 saturated heterocycles. The molecule has 1 amide bonds. The van der Waals surface area contributed by atoms with E-state index >= 15 is 0 Å². The van der Waals surface area contributed by atoms with Gasteiger partial charge in [-0.15, -0.1) is 0 Å². The third-order valence-corrected chi connectivity index (χ3v) is 3.41. The van der Waals surface area contributed by atoms with Gasteiger partial charge in [0.2, 0.25) is 0 Å². The molecule has 0 spiro atoms. The van der Waals surface area contributed by atoms with Crippen LogP contribution in [0.1, 0.15) is 16.1 Å². The summed E-state index contributed by atoms with van der Waals surface area (Å²) >= 11 is 0. The molecule has 1 heterocycles. The van der Waals surface area contributed by atoms with Crippen LogP contribution in [0.3, 0.4) is 0 Å². The Morgan fingerprint density at radius 1 is 1.33 bits per heavy atom. The minimum atomic E-state index is -1.15. The van der Waals surface area contributed by atoms with Gasteiger partial charge in [0.25, 0.3) is 5.91 Å². The van der Waals surface area contributed by atoms with Gasteiger partial charge in [-0.2, -0.15) is 5.10 Å². The first-order valence-electron chi connectivity index (χ1n) is 7.20. The molecule has 1 atom stereocenters. The van der Waals surface area contributed by atoms with Gasteiger partial charge in [-0.3, -0.25) is 4.79 Å². The number of carbonyl (C=O) groups excluding carboxylic acids is 1. The molecule has 0 fully saturated rings. The molecule has 1 aromatic carbocycles. The van der Waals surface area contributed by atoms with Gasteiger partial charge in [0.05, 0.1) is 13.7 Å². The van der Waals surface area contributed by atoms with Crippen molar-refractivity contribution in [1.82, 2.24) is 15.1 Å². The highest BCUT2D eigenvalue weighted by Crippen LogP contribution is 2.23. The number of carboxylic acid groups (broad SMARTS) is 1. The number of benzene rings is 1. The Morgan fingerprint density at radius 2 is 2.08 bits per heavy atom. The molecule has 2 aromatic rings. The summed E-state index contributed by atoms with van der Waals surface area (Å²) in [6.07, 6.45) is 0.532. The third-order valence-electron chi connectivity index (χ3n) is 3.41. The number of methoxy groups -OCH3 is 2. The van der Waals surface area contributed by atoms with Crippen molar-refractivity contribution in [2.45, 2.75) is 13.0 Å². The average Bonchev–Trinajstić information content (AvgIpc) is 3.04. The second-order valence-electron chi connectivity index (χ2n) is 5.09. The molecular weight excluding hydrogens is 314 g/mol. The fourth-order valence-electron chi connectivity index (χ4n) is 2.11. The van der Waals surface area contributed by atoms with Crippen molar-refractivity contribution in [2.75, 3.05) is 20.8 Å². The standard InChI is InChI=1S/C16H19N3O5/c1-10-4-5-13(23-2)12(8-10)19-7-6-11(18-19)15(20)17-9-14(24-3)16(21)22/h4-8,14H,9H2,1-3H3,(H,17,20)(H,21,22). The van der Waals surface area contributed by atoms with Gasteiger partial charge in [0, 0.05) is 13.3 Å². The van der Waals surface area contributed by atoms with Gasteiger partial charge >= 0.3 is 5.97 Å². The van der Waals surface area contributed by atoms with E-state index in [0.717, 1.165) is 5.56 Å². The number of hydrogen-bond acceptors (Lipinski definition) is 5. The molecule has 0 aliphatic heterocycles. The summed E-state index contributed by atoms with van der Waals surface area (Å²) < 4.78 is 11.6. The number of rotatable bonds is 7. The van der Waals surface area contributed by atoms with E-state index in [1.54, 1.807) is 19.4 Å². The Morgan fingerprint density at radius 3 is 2.71 bits per heavy atom. The predicted molar refractivity (Wildman–Crippen MR) is 85.6 cm³/mol. The molecule has 2 rings (SSSR count). The van der Waals surface area contributed by atoms with Crippen LogP contribution in [0.25, 0.3) is 5.69 Å². The van der Waals surface area contributed by atoms with Crippen molar-refractivity contribution >= 4 is 11.9 Å². The van der Waals surface area contributed by atoms with Gasteiger partial charge in [-0.05, 0) is 30.7 Å². The number of aryl methyl sites for hydroxylation is 1. The first-order valence-corrected chi connectivity index (χ1v) is 7.20. The summed E-state index contributed by atoms with van der Waals surface area (Å²) in [5, 5.41) is 15.6. The highest BCUT2D eigenvalue weighted by molar-refractivity contribution is 5.92. The number of aromatic nitrogens is 2. The second kappa shape index (κ2) is 7.60. The van der Waals surface area contributed by atoms with Gasteiger partial charge in [0.1, 0.15) is 11.4 Å². The van der Waals surface area contributed by atoms with Gasteiger partial charge in [0.15, 0.2) is 11.8 Å². The van der Waals surface area contributed by atoms with Crippen molar-refractivity contribution in [1.29, 1.82) is 0 Å². The molecule has 0 saturated carbocycles. The molecule has 0 radical (unpaired) electrons. The Balaban J connectivity index is 2.14. The summed E-state index contributed by atoms with van der Waals surface area (Å²) in [4.78, 5) is 22.9. The normalized spacial score (nSPS) is 11.8. The summed E-state index contributed by atoms with van der Waals surface area (Å²) in [7, 11) is 2.83. The number of hydrogen-bond donors (Lipinski definition) is 2. The van der Waals surface area contributed by atoms with Crippen LogP contribution in [0.2, 0.25) is 0 Å². The molecule has 8 nitrogen and oxygen atoms in total. The van der Waals surface area contributed by atoms with E-state index in [4.69, 9.17) is 14.6 Å². The lowest BCUT2D eigenvalue weighted by molar-refractivity contribution is -0.148. The van der Waals surface area contributed by atoms with Crippen LogP contribution in [-0.4, -0.2) is 53.6 Å². The first kappa shape index (κ1) is 17.5. The minimum absolute atomic E-state index is 0.148. The highest BCUT2D eigenvalue weighted by Gasteiger charge is 2.19. The Labute approximate surface area is 139 Å². The molecule has 128 valence electrons. The van der Waals surface area contributed by atoms with Crippen LogP contribution in [-0.2, 0) is 9.53 Å². The molecule has 1 aromatic heterocycles. The number of nitrogens with zero attached hydrogens (tertiary/aromatic N) is 2. The molecule has 2 N–H and O–H groups in total. The van der Waals surface area contributed by atoms with Gasteiger partial charge in [-0.1, -0.05) is 6.07 Å². The first-order chi connectivity index (χ1) is 11.5. The van der Waals surface area contributed by atoms with Crippen molar-refractivity contribution < 1.29 is 24.2 Å². The van der Waals surface area contributed by atoms with E-state index in [0.29, 0.717) is 11.4 Å². The maximum atomic E-state index is 12.1. The quantitative estimate of drug-likeness (QED) is 0.784. The largest absolute Gasteiger partial charge is 0.494 e. The second-order valence-corrected chi connectivity index (χ2v) is 5.09. The molecule has 8 heteroatoms. The average molecular weight is 333 g/mol. The van der Waals surface area contributed by atoms with Crippen LogP contribution in [0.15, 0.2) is 30.5 Å². The zero-order valence-corrected chi connectivity index (χ0v) is 13.6. The van der Waals surface area contributed by atoms with Gasteiger partial charge in [-0.25, -0.2) is 9.48 Å². The Bertz CT molecular complexity index is 741. The number of carbonyl (C=O) groups is 2. The lowest BCUT2D eigenvalue weighted by Gasteiger charge is -2.11. The van der Waals surface area contributed by atoms with Crippen LogP contribution in [0.5, 0.6) is 5.75 Å². The zero-order chi connectivity index (χ0) is 17.7. The predicted octanol–water partition coefficient (Wildman–Crippen LogP) is 1.02. The van der Waals surface area contributed by atoms with Crippen molar-refractivity contribution in [3.8, 4) is 11.4 Å². The SMILES string of the molecule is COc1ccc(C)cc1-n1ccc(C(=O)NCC(OC)C(=O)O)n1. The number of carboxylic acids is 1. The summed E-state index contributed by atoms with van der Waals surface area (Å²) in [5.41, 5.74) is 1.90. The highest BCUT2D eigenvalue weighted by atomic mass is 16.5. The Hall–Kier alpha value is -2.87. The molecule has 0 aliphatic carbocycles. The number of ether oxygens (including phenoxy) is 2. The maximum absolute atomic E-state index is 12.1. The summed E-state index contributed by atoms with van der Waals surface area (Å²) in [6.45, 7) is 1.79. The fourth-order valence-corrected chi connectivity index (χ4v) is 2.11. The maximum Gasteiger partial charge on any atom is 0.334 e. The van der Waals surface area contributed by atoms with E-state index in [1.807, 2.05) is 25.1 Å². The Kier molecular flexibility index (Phi) is 5.54. The molecular formula is C16H19N3O5. The topological polar surface area (TPSA) is 103 Å². The van der Waals surface area contributed by atoms with E-state index in [9.17, 15) is 9.59 Å². The third kappa shape index (κ3) is 3.90. The molecule has 1 unspecified atom stereocenters. The molecule has 0 bridgehead atoms. The summed E-state index contributed by atoms with van der Waals surface area (Å²) in [5.74, 6) is -1.00. The van der Waals surface area contributed by atoms with E-state index in [2.05, 4.69) is 10.4 Å². The van der Waals surface area contributed by atoms with E-state index in [-0.39, 0.29) is 12.2 Å². The number of nitrogens with one attached hydrogen (secondary N) is 1.